The maximum absolute atomic E-state index is 12.4. The summed E-state index contributed by atoms with van der Waals surface area (Å²) in [6.45, 7) is 3.86. The summed E-state index contributed by atoms with van der Waals surface area (Å²) >= 11 is 0. The van der Waals surface area contributed by atoms with Gasteiger partial charge >= 0.3 is 7.60 Å². The van der Waals surface area contributed by atoms with Gasteiger partial charge in [-0.1, -0.05) is 6.07 Å². The third-order valence-electron chi connectivity index (χ3n) is 2.75. The fraction of sp³-hybridized carbons (Fsp3) is 0.385. The second-order valence-electron chi connectivity index (χ2n) is 4.41. The van der Waals surface area contributed by atoms with Crippen molar-refractivity contribution in [1.82, 2.24) is 10.2 Å². The van der Waals surface area contributed by atoms with E-state index in [0.29, 0.717) is 5.56 Å². The molecule has 0 atom stereocenters. The molecule has 0 bridgehead atoms. The highest BCUT2D eigenvalue weighted by atomic mass is 31.2. The third-order valence-corrected chi connectivity index (χ3v) is 4.71. The van der Waals surface area contributed by atoms with E-state index in [0.717, 1.165) is 0 Å². The number of nitro benzene ring substituents is 1. The monoisotopic (exact) mass is 341 g/mol. The van der Waals surface area contributed by atoms with Crippen molar-refractivity contribution in [3.8, 4) is 11.5 Å². The molecule has 0 aliphatic rings. The standard InChI is InChI=1S/C13H16N3O6P/c1-3-20-23(19,21-4-2)9-12-14-15-13(22-12)10-6-5-7-11(8-10)16(17)18/h5-8H,3-4,9H2,1-2H3. The summed E-state index contributed by atoms with van der Waals surface area (Å²) in [5.74, 6) is 0.181. The van der Waals surface area contributed by atoms with Gasteiger partial charge in [0.2, 0.25) is 11.8 Å². The number of nitro groups is 1. The van der Waals surface area contributed by atoms with Crippen molar-refractivity contribution in [3.63, 3.8) is 0 Å². The van der Waals surface area contributed by atoms with Gasteiger partial charge in [-0.15, -0.1) is 10.2 Å². The number of hydrogen-bond acceptors (Lipinski definition) is 8. The molecule has 1 heterocycles. The van der Waals surface area contributed by atoms with E-state index >= 15 is 0 Å². The highest BCUT2D eigenvalue weighted by Crippen LogP contribution is 2.51. The van der Waals surface area contributed by atoms with E-state index in [1.165, 1.54) is 18.2 Å². The average Bonchev–Trinajstić information content (AvgIpc) is 2.96. The first-order valence-corrected chi connectivity index (χ1v) is 8.65. The minimum Gasteiger partial charge on any atom is -0.420 e. The molecule has 2 aromatic rings. The summed E-state index contributed by atoms with van der Waals surface area (Å²) < 4.78 is 28.1. The largest absolute Gasteiger partial charge is 0.420 e. The molecule has 0 saturated heterocycles. The van der Waals surface area contributed by atoms with Crippen molar-refractivity contribution in [2.24, 2.45) is 0 Å². The van der Waals surface area contributed by atoms with E-state index < -0.39 is 12.5 Å². The summed E-state index contributed by atoms with van der Waals surface area (Å²) in [6, 6.07) is 5.80. The van der Waals surface area contributed by atoms with Crippen LogP contribution in [-0.2, 0) is 19.8 Å². The van der Waals surface area contributed by atoms with Crippen molar-refractivity contribution < 1.29 is 23.0 Å². The minimum absolute atomic E-state index is 0.0803. The van der Waals surface area contributed by atoms with E-state index in [4.69, 9.17) is 13.5 Å². The molecular weight excluding hydrogens is 325 g/mol. The lowest BCUT2D eigenvalue weighted by Gasteiger charge is -2.14. The van der Waals surface area contributed by atoms with Crippen LogP contribution in [0.25, 0.3) is 11.5 Å². The summed E-state index contributed by atoms with van der Waals surface area (Å²) in [5, 5.41) is 18.4. The van der Waals surface area contributed by atoms with Crippen LogP contribution in [-0.4, -0.2) is 28.3 Å². The number of non-ortho nitro benzene ring substituents is 1. The quantitative estimate of drug-likeness (QED) is 0.407. The molecule has 9 nitrogen and oxygen atoms in total. The molecule has 2 rings (SSSR count). The van der Waals surface area contributed by atoms with Crippen LogP contribution in [0.2, 0.25) is 0 Å². The molecule has 0 unspecified atom stereocenters. The number of nitrogens with zero attached hydrogens (tertiary/aromatic N) is 3. The molecule has 124 valence electrons. The molecule has 1 aromatic carbocycles. The van der Waals surface area contributed by atoms with Crippen molar-refractivity contribution in [2.45, 2.75) is 20.0 Å². The molecule has 0 fully saturated rings. The van der Waals surface area contributed by atoms with Gasteiger partial charge in [-0.05, 0) is 19.9 Å². The lowest BCUT2D eigenvalue weighted by Crippen LogP contribution is -1.99. The van der Waals surface area contributed by atoms with Gasteiger partial charge in [0, 0.05) is 17.7 Å². The van der Waals surface area contributed by atoms with Gasteiger partial charge in [0.25, 0.3) is 5.69 Å². The molecule has 0 radical (unpaired) electrons. The van der Waals surface area contributed by atoms with Crippen LogP contribution in [0.15, 0.2) is 28.7 Å². The zero-order valence-electron chi connectivity index (χ0n) is 12.7. The van der Waals surface area contributed by atoms with E-state index in [1.54, 1.807) is 19.9 Å². The zero-order valence-corrected chi connectivity index (χ0v) is 13.6. The fourth-order valence-electron chi connectivity index (χ4n) is 1.87. The van der Waals surface area contributed by atoms with Gasteiger partial charge in [-0.3, -0.25) is 14.7 Å². The highest BCUT2D eigenvalue weighted by Gasteiger charge is 2.27. The minimum atomic E-state index is -3.35. The zero-order chi connectivity index (χ0) is 16.9. The number of benzene rings is 1. The summed E-state index contributed by atoms with van der Waals surface area (Å²) in [7, 11) is -3.35. The molecule has 0 spiro atoms. The lowest BCUT2D eigenvalue weighted by atomic mass is 10.2. The van der Waals surface area contributed by atoms with Crippen LogP contribution >= 0.6 is 7.60 Å². The first-order valence-electron chi connectivity index (χ1n) is 6.92. The number of rotatable bonds is 8. The fourth-order valence-corrected chi connectivity index (χ4v) is 3.38. The predicted molar refractivity (Wildman–Crippen MR) is 81.0 cm³/mol. The first-order chi connectivity index (χ1) is 11.0. The van der Waals surface area contributed by atoms with Crippen molar-refractivity contribution in [1.29, 1.82) is 0 Å². The lowest BCUT2D eigenvalue weighted by molar-refractivity contribution is -0.384. The molecule has 0 amide bonds. The summed E-state index contributed by atoms with van der Waals surface area (Å²) in [5.41, 5.74) is 0.317. The second-order valence-corrected chi connectivity index (χ2v) is 6.47. The Hall–Kier alpha value is -2.09. The van der Waals surface area contributed by atoms with Gasteiger partial charge in [0.1, 0.15) is 6.16 Å². The van der Waals surface area contributed by atoms with E-state index in [-0.39, 0.29) is 36.8 Å². The van der Waals surface area contributed by atoms with Gasteiger partial charge in [-0.2, -0.15) is 0 Å². The molecule has 0 N–H and O–H groups in total. The third kappa shape index (κ3) is 4.44. The highest BCUT2D eigenvalue weighted by molar-refractivity contribution is 7.52. The van der Waals surface area contributed by atoms with Gasteiger partial charge in [0.05, 0.1) is 18.1 Å². The molecular formula is C13H16N3O6P. The Morgan fingerprint density at radius 1 is 1.26 bits per heavy atom. The molecule has 0 aliphatic carbocycles. The van der Waals surface area contributed by atoms with Crippen LogP contribution in [0.1, 0.15) is 19.7 Å². The maximum atomic E-state index is 12.4. The van der Waals surface area contributed by atoms with E-state index in [1.807, 2.05) is 0 Å². The molecule has 1 aromatic heterocycles. The van der Waals surface area contributed by atoms with Crippen LogP contribution < -0.4 is 0 Å². The Balaban J connectivity index is 2.22. The van der Waals surface area contributed by atoms with E-state index in [2.05, 4.69) is 10.2 Å². The molecule has 23 heavy (non-hydrogen) atoms. The van der Waals surface area contributed by atoms with Crippen LogP contribution in [0.3, 0.4) is 0 Å². The Morgan fingerprint density at radius 3 is 2.57 bits per heavy atom. The topological polar surface area (TPSA) is 118 Å². The SMILES string of the molecule is CCOP(=O)(Cc1nnc(-c2cccc([N+](=O)[O-])c2)o1)OCC. The summed E-state index contributed by atoms with van der Waals surface area (Å²) in [6.07, 6.45) is -0.156. The average molecular weight is 341 g/mol. The van der Waals surface area contributed by atoms with Gasteiger partial charge < -0.3 is 13.5 Å². The van der Waals surface area contributed by atoms with E-state index in [9.17, 15) is 14.7 Å². The van der Waals surface area contributed by atoms with Crippen LogP contribution in [0.4, 0.5) is 5.69 Å². The molecule has 10 heteroatoms. The second kappa shape index (κ2) is 7.45. The maximum Gasteiger partial charge on any atom is 0.339 e. The van der Waals surface area contributed by atoms with Gasteiger partial charge in [0.15, 0.2) is 0 Å². The van der Waals surface area contributed by atoms with Crippen LogP contribution in [0, 0.1) is 10.1 Å². The smallest absolute Gasteiger partial charge is 0.339 e. The Morgan fingerprint density at radius 2 is 1.96 bits per heavy atom. The first kappa shape index (κ1) is 17.3. The Labute approximate surface area is 132 Å². The Bertz CT molecular complexity index is 722. The summed E-state index contributed by atoms with van der Waals surface area (Å²) in [4.78, 5) is 10.3. The van der Waals surface area contributed by atoms with Crippen LogP contribution in [0.5, 0.6) is 0 Å². The normalized spacial score (nSPS) is 11.6. The number of aromatic nitrogens is 2. The number of hydrogen-bond donors (Lipinski definition) is 0. The Kier molecular flexibility index (Phi) is 5.59. The van der Waals surface area contributed by atoms with Crippen molar-refractivity contribution in [3.05, 3.63) is 40.3 Å². The van der Waals surface area contributed by atoms with Crippen molar-refractivity contribution >= 4 is 13.3 Å². The molecule has 0 saturated carbocycles. The molecule has 0 aliphatic heterocycles. The van der Waals surface area contributed by atoms with Gasteiger partial charge in [-0.25, -0.2) is 0 Å². The van der Waals surface area contributed by atoms with Crippen molar-refractivity contribution in [2.75, 3.05) is 13.2 Å². The predicted octanol–water partition coefficient (Wildman–Crippen LogP) is 3.41.